The van der Waals surface area contributed by atoms with Crippen molar-refractivity contribution in [2.75, 3.05) is 0 Å². The molecule has 5 heteroatoms. The molecular formula is C28H16ClIN2O. The number of aromatic nitrogens is 1. The Labute approximate surface area is 208 Å². The van der Waals surface area contributed by atoms with Crippen LogP contribution in [0, 0.1) is 3.57 Å². The van der Waals surface area contributed by atoms with Crippen molar-refractivity contribution >= 4 is 78.7 Å². The quantitative estimate of drug-likeness (QED) is 0.124. The maximum Gasteiger partial charge on any atom is 0.228 e. The number of fused-ring (bicyclic) bond motifs is 3. The van der Waals surface area contributed by atoms with Gasteiger partial charge in [-0.25, -0.2) is 4.98 Å². The molecule has 0 spiro atoms. The summed E-state index contributed by atoms with van der Waals surface area (Å²) in [4.78, 5) is 9.48. The largest absolute Gasteiger partial charge is 0.436 e. The van der Waals surface area contributed by atoms with Gasteiger partial charge < -0.3 is 4.42 Å². The zero-order valence-electron chi connectivity index (χ0n) is 17.3. The summed E-state index contributed by atoms with van der Waals surface area (Å²) in [6.07, 6.45) is 1.95. The summed E-state index contributed by atoms with van der Waals surface area (Å²) in [6.45, 7) is 0. The molecule has 0 N–H and O–H groups in total. The molecule has 6 aromatic rings. The third-order valence-electron chi connectivity index (χ3n) is 5.69. The van der Waals surface area contributed by atoms with Crippen molar-refractivity contribution in [1.29, 1.82) is 0 Å². The van der Waals surface area contributed by atoms with E-state index < -0.39 is 0 Å². The summed E-state index contributed by atoms with van der Waals surface area (Å²) in [5.74, 6) is 0.509. The van der Waals surface area contributed by atoms with Crippen LogP contribution in [0.2, 0.25) is 5.02 Å². The highest BCUT2D eigenvalue weighted by Crippen LogP contribution is 2.33. The molecule has 1 aromatic heterocycles. The highest BCUT2D eigenvalue weighted by molar-refractivity contribution is 14.1. The number of oxazole rings is 1. The highest BCUT2D eigenvalue weighted by Gasteiger charge is 2.13. The molecule has 0 atom stereocenters. The summed E-state index contributed by atoms with van der Waals surface area (Å²) in [5, 5.41) is 5.37. The normalized spacial score (nSPS) is 11.8. The molecule has 33 heavy (non-hydrogen) atoms. The number of benzene rings is 5. The van der Waals surface area contributed by atoms with Crippen LogP contribution >= 0.6 is 34.2 Å². The third-order valence-corrected chi connectivity index (χ3v) is 6.69. The lowest BCUT2D eigenvalue weighted by Gasteiger charge is -2.07. The third kappa shape index (κ3) is 3.79. The predicted octanol–water partition coefficient (Wildman–Crippen LogP) is 8.81. The van der Waals surface area contributed by atoms with Crippen LogP contribution < -0.4 is 0 Å². The zero-order valence-corrected chi connectivity index (χ0v) is 20.2. The molecule has 0 radical (unpaired) electrons. The second kappa shape index (κ2) is 8.28. The van der Waals surface area contributed by atoms with Gasteiger partial charge >= 0.3 is 0 Å². The van der Waals surface area contributed by atoms with E-state index in [-0.39, 0.29) is 0 Å². The van der Waals surface area contributed by atoms with Crippen molar-refractivity contribution in [3.63, 3.8) is 0 Å². The molecule has 0 aliphatic carbocycles. The molecule has 6 rings (SSSR count). The summed E-state index contributed by atoms with van der Waals surface area (Å²) in [5.41, 5.74) is 4.15. The van der Waals surface area contributed by atoms with Crippen molar-refractivity contribution in [3.05, 3.63) is 105 Å². The Morgan fingerprint density at radius 2 is 1.55 bits per heavy atom. The van der Waals surface area contributed by atoms with E-state index in [0.717, 1.165) is 25.9 Å². The van der Waals surface area contributed by atoms with Gasteiger partial charge in [-0.2, -0.15) is 0 Å². The molecular weight excluding hydrogens is 543 g/mol. The standard InChI is InChI=1S/C28H16ClIN2O/c29-25-11-9-19(30)14-23(25)28-32-26-15-20(10-12-27(26)33-28)31-16-24-21-7-3-1-5-17(21)13-18-6-2-4-8-22(18)24/h1-16H. The zero-order chi connectivity index (χ0) is 22.4. The van der Waals surface area contributed by atoms with Crippen LogP contribution in [-0.4, -0.2) is 11.2 Å². The maximum absolute atomic E-state index is 6.38. The van der Waals surface area contributed by atoms with E-state index in [1.807, 2.05) is 42.6 Å². The van der Waals surface area contributed by atoms with Crippen LogP contribution in [0.1, 0.15) is 5.56 Å². The lowest BCUT2D eigenvalue weighted by molar-refractivity contribution is 0.620. The van der Waals surface area contributed by atoms with E-state index >= 15 is 0 Å². The molecule has 158 valence electrons. The Balaban J connectivity index is 1.44. The Bertz CT molecular complexity index is 1650. The van der Waals surface area contributed by atoms with Gasteiger partial charge in [0.2, 0.25) is 5.89 Å². The van der Waals surface area contributed by atoms with Crippen LogP contribution in [0.5, 0.6) is 0 Å². The molecule has 0 aliphatic heterocycles. The minimum absolute atomic E-state index is 0.509. The fraction of sp³-hybridized carbons (Fsp3) is 0. The van der Waals surface area contributed by atoms with Crippen LogP contribution in [0.25, 0.3) is 44.1 Å². The van der Waals surface area contributed by atoms with Gasteiger partial charge in [-0.15, -0.1) is 0 Å². The molecule has 0 bridgehead atoms. The number of halogens is 2. The van der Waals surface area contributed by atoms with Crippen molar-refractivity contribution in [2.24, 2.45) is 4.99 Å². The fourth-order valence-electron chi connectivity index (χ4n) is 4.10. The van der Waals surface area contributed by atoms with Gasteiger partial charge in [0.05, 0.1) is 16.3 Å². The lowest BCUT2D eigenvalue weighted by Crippen LogP contribution is -1.88. The Kier molecular flexibility index (Phi) is 5.12. The van der Waals surface area contributed by atoms with Gasteiger partial charge in [0, 0.05) is 15.3 Å². The minimum atomic E-state index is 0.509. The molecule has 0 amide bonds. The molecule has 0 fully saturated rings. The van der Waals surface area contributed by atoms with E-state index in [9.17, 15) is 0 Å². The van der Waals surface area contributed by atoms with E-state index in [2.05, 4.69) is 82.2 Å². The first-order chi connectivity index (χ1) is 16.2. The number of nitrogens with zero attached hydrogens (tertiary/aromatic N) is 2. The van der Waals surface area contributed by atoms with Crippen molar-refractivity contribution in [1.82, 2.24) is 4.98 Å². The second-order valence-electron chi connectivity index (χ2n) is 7.79. The maximum atomic E-state index is 6.38. The molecule has 0 saturated heterocycles. The number of aliphatic imine (C=N–C) groups is 1. The minimum Gasteiger partial charge on any atom is -0.436 e. The van der Waals surface area contributed by atoms with Gasteiger partial charge in [-0.3, -0.25) is 4.99 Å². The van der Waals surface area contributed by atoms with Gasteiger partial charge in [-0.05, 0) is 86.6 Å². The number of rotatable bonds is 3. The van der Waals surface area contributed by atoms with E-state index in [4.69, 9.17) is 21.0 Å². The summed E-state index contributed by atoms with van der Waals surface area (Å²) in [6, 6.07) is 30.6. The van der Waals surface area contributed by atoms with E-state index in [0.29, 0.717) is 16.5 Å². The van der Waals surface area contributed by atoms with Crippen molar-refractivity contribution < 1.29 is 4.42 Å². The molecule has 0 aliphatic rings. The first kappa shape index (κ1) is 20.4. The number of hydrogen-bond acceptors (Lipinski definition) is 3. The molecule has 0 unspecified atom stereocenters. The molecule has 0 saturated carbocycles. The van der Waals surface area contributed by atoms with Gasteiger partial charge in [0.25, 0.3) is 0 Å². The Hall–Kier alpha value is -3.22. The van der Waals surface area contributed by atoms with Crippen LogP contribution in [0.3, 0.4) is 0 Å². The molecule has 3 nitrogen and oxygen atoms in total. The van der Waals surface area contributed by atoms with Gasteiger partial charge in [0.1, 0.15) is 5.52 Å². The first-order valence-corrected chi connectivity index (χ1v) is 11.9. The number of hydrogen-bond donors (Lipinski definition) is 0. The summed E-state index contributed by atoms with van der Waals surface area (Å²) in [7, 11) is 0. The SMILES string of the molecule is Clc1ccc(I)cc1-c1nc2cc(N=Cc3c4ccccc4cc4ccccc34)ccc2o1. The summed E-state index contributed by atoms with van der Waals surface area (Å²) >= 11 is 8.63. The highest BCUT2D eigenvalue weighted by atomic mass is 127. The average Bonchev–Trinajstić information content (AvgIpc) is 3.26. The van der Waals surface area contributed by atoms with Crippen LogP contribution in [-0.2, 0) is 0 Å². The average molecular weight is 559 g/mol. The van der Waals surface area contributed by atoms with E-state index in [1.165, 1.54) is 21.5 Å². The predicted molar refractivity (Wildman–Crippen MR) is 146 cm³/mol. The van der Waals surface area contributed by atoms with Crippen molar-refractivity contribution in [2.45, 2.75) is 0 Å². The topological polar surface area (TPSA) is 38.4 Å². The smallest absolute Gasteiger partial charge is 0.228 e. The summed E-state index contributed by atoms with van der Waals surface area (Å²) < 4.78 is 7.04. The second-order valence-corrected chi connectivity index (χ2v) is 9.44. The van der Waals surface area contributed by atoms with Crippen molar-refractivity contribution in [3.8, 4) is 11.5 Å². The monoisotopic (exact) mass is 558 g/mol. The fourth-order valence-corrected chi connectivity index (χ4v) is 4.79. The molecule has 1 heterocycles. The molecule has 5 aromatic carbocycles. The Morgan fingerprint density at radius 3 is 2.30 bits per heavy atom. The van der Waals surface area contributed by atoms with Gasteiger partial charge in [0.15, 0.2) is 5.58 Å². The first-order valence-electron chi connectivity index (χ1n) is 10.5. The van der Waals surface area contributed by atoms with Gasteiger partial charge in [-0.1, -0.05) is 60.1 Å². The Morgan fingerprint density at radius 1 is 0.818 bits per heavy atom. The van der Waals surface area contributed by atoms with E-state index in [1.54, 1.807) is 0 Å². The van der Waals surface area contributed by atoms with Crippen LogP contribution in [0.15, 0.2) is 100 Å². The lowest BCUT2D eigenvalue weighted by atomic mass is 9.97. The van der Waals surface area contributed by atoms with Crippen LogP contribution in [0.4, 0.5) is 5.69 Å².